The molecule has 2 atom stereocenters. The first-order chi connectivity index (χ1) is 9.65. The van der Waals surface area contributed by atoms with Crippen molar-refractivity contribution >= 4 is 0 Å². The number of hydrogen-bond donors (Lipinski definition) is 4. The largest absolute Gasteiger partial charge is 0.394 e. The van der Waals surface area contributed by atoms with Gasteiger partial charge in [0, 0.05) is 24.8 Å². The quantitative estimate of drug-likeness (QED) is 0.491. The van der Waals surface area contributed by atoms with Crippen LogP contribution >= 0.6 is 0 Å². The summed E-state index contributed by atoms with van der Waals surface area (Å²) >= 11 is 0. The third kappa shape index (κ3) is 3.34. The molecule has 1 fully saturated rings. The molecule has 1 saturated heterocycles. The number of H-pyrrole nitrogens is 1. The van der Waals surface area contributed by atoms with Crippen LogP contribution in [0.3, 0.4) is 0 Å². The molecule has 0 aromatic carbocycles. The first-order valence-corrected chi connectivity index (χ1v) is 6.67. The van der Waals surface area contributed by atoms with Crippen LogP contribution in [0.4, 0.5) is 0 Å². The van der Waals surface area contributed by atoms with E-state index in [2.05, 4.69) is 10.3 Å². The molecule has 2 heterocycles. The first-order valence-electron chi connectivity index (χ1n) is 6.67. The predicted molar refractivity (Wildman–Crippen MR) is 72.6 cm³/mol. The number of ether oxygens (including phenoxy) is 1. The van der Waals surface area contributed by atoms with Crippen LogP contribution in [-0.4, -0.2) is 47.0 Å². The Hall–Kier alpha value is -1.48. The van der Waals surface area contributed by atoms with Crippen LogP contribution in [0.2, 0.25) is 0 Å². The van der Waals surface area contributed by atoms with Crippen LogP contribution in [0, 0.1) is 0 Å². The van der Waals surface area contributed by atoms with Gasteiger partial charge in [0.2, 0.25) is 0 Å². The van der Waals surface area contributed by atoms with Gasteiger partial charge in [-0.3, -0.25) is 14.3 Å². The summed E-state index contributed by atoms with van der Waals surface area (Å²) in [5.74, 6) is 0. The van der Waals surface area contributed by atoms with E-state index in [1.807, 2.05) is 0 Å². The normalized spacial score (nSPS) is 22.9. The molecule has 20 heavy (non-hydrogen) atoms. The summed E-state index contributed by atoms with van der Waals surface area (Å²) in [6.07, 6.45) is 1.80. The van der Waals surface area contributed by atoms with Gasteiger partial charge in [-0.25, -0.2) is 4.79 Å². The molecule has 1 aromatic heterocycles. The van der Waals surface area contributed by atoms with Gasteiger partial charge >= 0.3 is 5.69 Å². The number of aromatic nitrogens is 2. The lowest BCUT2D eigenvalue weighted by molar-refractivity contribution is -0.0968. The molecule has 0 radical (unpaired) electrons. The van der Waals surface area contributed by atoms with E-state index in [1.165, 1.54) is 10.8 Å². The smallest absolute Gasteiger partial charge is 0.330 e. The summed E-state index contributed by atoms with van der Waals surface area (Å²) in [5.41, 5.74) is 5.03. The number of nitrogens with zero attached hydrogens (tertiary/aromatic N) is 1. The number of aryl methyl sites for hydroxylation is 1. The lowest BCUT2D eigenvalue weighted by Gasteiger charge is -2.30. The third-order valence-electron chi connectivity index (χ3n) is 3.25. The summed E-state index contributed by atoms with van der Waals surface area (Å²) < 4.78 is 6.95. The molecule has 0 bridgehead atoms. The van der Waals surface area contributed by atoms with E-state index in [1.54, 1.807) is 0 Å². The number of rotatable bonds is 5. The van der Waals surface area contributed by atoms with Gasteiger partial charge in [0.05, 0.1) is 12.7 Å². The molecule has 0 aliphatic carbocycles. The van der Waals surface area contributed by atoms with Gasteiger partial charge in [-0.15, -0.1) is 0 Å². The molecular weight excluding hydrogens is 264 g/mol. The van der Waals surface area contributed by atoms with Gasteiger partial charge in [0.1, 0.15) is 0 Å². The van der Waals surface area contributed by atoms with Crippen molar-refractivity contribution in [3.63, 3.8) is 0 Å². The number of hydrogen-bond acceptors (Lipinski definition) is 6. The second kappa shape index (κ2) is 6.80. The number of nitrogens with two attached hydrogens (primary N) is 1. The molecule has 0 spiro atoms. The zero-order valence-electron chi connectivity index (χ0n) is 11.2. The maximum atomic E-state index is 11.9. The van der Waals surface area contributed by atoms with E-state index >= 15 is 0 Å². The Kier molecular flexibility index (Phi) is 5.07. The van der Waals surface area contributed by atoms with Crippen molar-refractivity contribution in [1.82, 2.24) is 14.9 Å². The molecule has 2 rings (SSSR count). The van der Waals surface area contributed by atoms with E-state index in [-0.39, 0.29) is 18.3 Å². The highest BCUT2D eigenvalue weighted by Gasteiger charge is 2.24. The van der Waals surface area contributed by atoms with E-state index in [0.717, 1.165) is 0 Å². The SMILES string of the molecule is NCCCc1cn(C2CNCC(CO)O2)c(=O)[nH]c1=O. The minimum Gasteiger partial charge on any atom is -0.394 e. The molecule has 112 valence electrons. The highest BCUT2D eigenvalue weighted by atomic mass is 16.5. The Morgan fingerprint density at radius 1 is 1.45 bits per heavy atom. The number of nitrogens with one attached hydrogen (secondary N) is 2. The second-order valence-electron chi connectivity index (χ2n) is 4.77. The van der Waals surface area contributed by atoms with Gasteiger partial charge in [-0.05, 0) is 19.4 Å². The van der Waals surface area contributed by atoms with E-state index in [0.29, 0.717) is 38.0 Å². The Morgan fingerprint density at radius 2 is 2.25 bits per heavy atom. The van der Waals surface area contributed by atoms with Crippen molar-refractivity contribution in [3.05, 3.63) is 32.6 Å². The number of morpholine rings is 1. The monoisotopic (exact) mass is 284 g/mol. The molecule has 5 N–H and O–H groups in total. The Balaban J connectivity index is 2.26. The predicted octanol–water partition coefficient (Wildman–Crippen LogP) is -2.09. The number of aliphatic hydroxyl groups is 1. The summed E-state index contributed by atoms with van der Waals surface area (Å²) in [6.45, 7) is 1.33. The Bertz CT molecular complexity index is 553. The molecular formula is C12H20N4O4. The highest BCUT2D eigenvalue weighted by Crippen LogP contribution is 2.12. The van der Waals surface area contributed by atoms with Crippen LogP contribution in [0.15, 0.2) is 15.8 Å². The van der Waals surface area contributed by atoms with Crippen molar-refractivity contribution in [2.45, 2.75) is 25.2 Å². The zero-order valence-corrected chi connectivity index (χ0v) is 11.2. The minimum atomic E-state index is -0.540. The molecule has 1 aromatic rings. The van der Waals surface area contributed by atoms with Crippen molar-refractivity contribution in [2.24, 2.45) is 5.73 Å². The van der Waals surface area contributed by atoms with Gasteiger partial charge in [-0.2, -0.15) is 0 Å². The fourth-order valence-corrected chi connectivity index (χ4v) is 2.17. The third-order valence-corrected chi connectivity index (χ3v) is 3.25. The van der Waals surface area contributed by atoms with Crippen LogP contribution in [0.1, 0.15) is 18.2 Å². The minimum absolute atomic E-state index is 0.123. The Labute approximate surface area is 115 Å². The number of aromatic amines is 1. The average Bonchev–Trinajstić information content (AvgIpc) is 2.46. The van der Waals surface area contributed by atoms with Gasteiger partial charge in [0.15, 0.2) is 6.23 Å². The first kappa shape index (κ1) is 14.9. The summed E-state index contributed by atoms with van der Waals surface area (Å²) in [6, 6.07) is 0. The average molecular weight is 284 g/mol. The molecule has 0 saturated carbocycles. The lowest BCUT2D eigenvalue weighted by Crippen LogP contribution is -2.47. The van der Waals surface area contributed by atoms with E-state index in [9.17, 15) is 9.59 Å². The van der Waals surface area contributed by atoms with Crippen molar-refractivity contribution < 1.29 is 9.84 Å². The van der Waals surface area contributed by atoms with E-state index in [4.69, 9.17) is 15.6 Å². The molecule has 8 heteroatoms. The van der Waals surface area contributed by atoms with Crippen molar-refractivity contribution in [2.75, 3.05) is 26.2 Å². The summed E-state index contributed by atoms with van der Waals surface area (Å²) in [4.78, 5) is 25.9. The maximum Gasteiger partial charge on any atom is 0.330 e. The van der Waals surface area contributed by atoms with Crippen molar-refractivity contribution in [3.8, 4) is 0 Å². The molecule has 1 aliphatic heterocycles. The fourth-order valence-electron chi connectivity index (χ4n) is 2.17. The fraction of sp³-hybridized carbons (Fsp3) is 0.667. The van der Waals surface area contributed by atoms with Crippen molar-refractivity contribution in [1.29, 1.82) is 0 Å². The molecule has 1 aliphatic rings. The van der Waals surface area contributed by atoms with Crippen LogP contribution in [-0.2, 0) is 11.2 Å². The molecule has 8 nitrogen and oxygen atoms in total. The lowest BCUT2D eigenvalue weighted by atomic mass is 10.2. The zero-order chi connectivity index (χ0) is 14.5. The van der Waals surface area contributed by atoms with Crippen LogP contribution in [0.25, 0.3) is 0 Å². The van der Waals surface area contributed by atoms with E-state index < -0.39 is 11.9 Å². The highest BCUT2D eigenvalue weighted by molar-refractivity contribution is 5.05. The van der Waals surface area contributed by atoms with Crippen LogP contribution in [0.5, 0.6) is 0 Å². The van der Waals surface area contributed by atoms with Gasteiger partial charge in [-0.1, -0.05) is 0 Å². The summed E-state index contributed by atoms with van der Waals surface area (Å²) in [5, 5.41) is 12.2. The van der Waals surface area contributed by atoms with Crippen LogP contribution < -0.4 is 22.3 Å². The Morgan fingerprint density at radius 3 is 2.95 bits per heavy atom. The summed E-state index contributed by atoms with van der Waals surface area (Å²) in [7, 11) is 0. The maximum absolute atomic E-state index is 11.9. The molecule has 0 amide bonds. The van der Waals surface area contributed by atoms with Gasteiger partial charge < -0.3 is 20.9 Å². The van der Waals surface area contributed by atoms with Gasteiger partial charge in [0.25, 0.3) is 5.56 Å². The second-order valence-corrected chi connectivity index (χ2v) is 4.77. The standard InChI is InChI=1S/C12H20N4O4/c13-3-1-2-8-6-16(12(19)15-11(8)18)10-5-14-4-9(7-17)20-10/h6,9-10,14,17H,1-5,7,13H2,(H,15,18,19). The topological polar surface area (TPSA) is 122 Å². The molecule has 2 unspecified atom stereocenters. The number of aliphatic hydroxyl groups excluding tert-OH is 1.